The van der Waals surface area contributed by atoms with E-state index in [-0.39, 0.29) is 30.5 Å². The smallest absolute Gasteiger partial charge is 0.254 e. The summed E-state index contributed by atoms with van der Waals surface area (Å²) in [5.74, 6) is 1.09. The van der Waals surface area contributed by atoms with Crippen molar-refractivity contribution in [2.75, 3.05) is 33.4 Å². The Morgan fingerprint density at radius 3 is 2.50 bits per heavy atom. The number of aromatic nitrogens is 1. The van der Waals surface area contributed by atoms with Crippen LogP contribution in [-0.2, 0) is 0 Å². The number of fused-ring (bicyclic) bond motifs is 1. The molecule has 2 aromatic carbocycles. The summed E-state index contributed by atoms with van der Waals surface area (Å²) in [7, 11) is 1.69. The second kappa shape index (κ2) is 9.95. The molecule has 0 aliphatic carbocycles. The number of rotatable bonds is 5. The van der Waals surface area contributed by atoms with Crippen LogP contribution >= 0.6 is 0 Å². The maximum absolute atomic E-state index is 13.2. The topological polar surface area (TPSA) is 65.9 Å². The number of hydrogen-bond acceptors (Lipinski definition) is 5. The molecule has 1 aromatic heterocycles. The van der Waals surface area contributed by atoms with Crippen LogP contribution in [0.3, 0.4) is 0 Å². The number of ether oxygens (including phenoxy) is 1. The zero-order chi connectivity index (χ0) is 23.5. The summed E-state index contributed by atoms with van der Waals surface area (Å²) in [6, 6.07) is 20.5. The van der Waals surface area contributed by atoms with E-state index in [2.05, 4.69) is 40.2 Å². The van der Waals surface area contributed by atoms with Gasteiger partial charge in [-0.3, -0.25) is 14.7 Å². The molecule has 1 N–H and O–H groups in total. The normalized spacial score (nSPS) is 22.8. The van der Waals surface area contributed by atoms with Gasteiger partial charge in [-0.2, -0.15) is 0 Å². The van der Waals surface area contributed by atoms with Gasteiger partial charge in [-0.15, -0.1) is 0 Å². The van der Waals surface area contributed by atoms with Crippen LogP contribution in [-0.4, -0.2) is 71.2 Å². The fourth-order valence-corrected chi connectivity index (χ4v) is 5.57. The van der Waals surface area contributed by atoms with Gasteiger partial charge in [0.05, 0.1) is 13.7 Å². The predicted octanol–water partition coefficient (Wildman–Crippen LogP) is 3.82. The lowest BCUT2D eigenvalue weighted by Gasteiger charge is -2.57. The molecule has 6 nitrogen and oxygen atoms in total. The number of nitrogens with zero attached hydrogens (tertiary/aromatic N) is 3. The van der Waals surface area contributed by atoms with Gasteiger partial charge in [-0.05, 0) is 48.7 Å². The fourth-order valence-electron chi connectivity index (χ4n) is 5.57. The molecule has 0 saturated carbocycles. The summed E-state index contributed by atoms with van der Waals surface area (Å²) >= 11 is 0. The lowest BCUT2D eigenvalue weighted by Crippen LogP contribution is -2.67. The Balaban J connectivity index is 1.40. The number of benzene rings is 2. The minimum atomic E-state index is 0.0574. The van der Waals surface area contributed by atoms with Crippen LogP contribution in [0.15, 0.2) is 73.1 Å². The van der Waals surface area contributed by atoms with Crippen LogP contribution in [0.25, 0.3) is 11.1 Å². The van der Waals surface area contributed by atoms with Crippen molar-refractivity contribution in [2.45, 2.75) is 30.8 Å². The Morgan fingerprint density at radius 1 is 1.03 bits per heavy atom. The lowest BCUT2D eigenvalue weighted by molar-refractivity contribution is -0.0606. The van der Waals surface area contributed by atoms with Gasteiger partial charge in [-0.1, -0.05) is 42.5 Å². The van der Waals surface area contributed by atoms with Gasteiger partial charge in [0.15, 0.2) is 0 Å². The number of aliphatic hydroxyl groups is 1. The first-order valence-corrected chi connectivity index (χ1v) is 12.0. The molecule has 3 atom stereocenters. The molecule has 0 bridgehead atoms. The average molecular weight is 458 g/mol. The van der Waals surface area contributed by atoms with Gasteiger partial charge in [0.25, 0.3) is 5.91 Å². The summed E-state index contributed by atoms with van der Waals surface area (Å²) in [5.41, 5.74) is 4.05. The molecule has 3 aromatic rings. The standard InChI is InChI=1S/C28H31N3O3/c1-34-26-7-3-2-6-23(26)20-8-10-21(11-9-20)27-24-18-30(28(33)22-12-14-29-15-13-22)16-4-5-17-31(24)25(27)19-32/h2-3,6-15,24-25,27,32H,4-5,16-19H2,1H3/t24-,25-,27-/m0/s1. The van der Waals surface area contributed by atoms with Gasteiger partial charge in [0.2, 0.25) is 0 Å². The number of pyridine rings is 1. The van der Waals surface area contributed by atoms with Crippen molar-refractivity contribution in [3.63, 3.8) is 0 Å². The number of methoxy groups -OCH3 is 1. The number of carbonyl (C=O) groups excluding carboxylic acids is 1. The molecule has 34 heavy (non-hydrogen) atoms. The molecule has 5 rings (SSSR count). The van der Waals surface area contributed by atoms with Gasteiger partial charge in [0.1, 0.15) is 5.75 Å². The van der Waals surface area contributed by atoms with E-state index in [0.717, 1.165) is 42.8 Å². The largest absolute Gasteiger partial charge is 0.496 e. The predicted molar refractivity (Wildman–Crippen MR) is 132 cm³/mol. The Kier molecular flexibility index (Phi) is 6.61. The summed E-state index contributed by atoms with van der Waals surface area (Å²) in [6.45, 7) is 2.50. The van der Waals surface area contributed by atoms with E-state index >= 15 is 0 Å². The van der Waals surface area contributed by atoms with Crippen molar-refractivity contribution in [3.8, 4) is 16.9 Å². The van der Waals surface area contributed by atoms with Crippen LogP contribution in [0.2, 0.25) is 0 Å². The Hall–Kier alpha value is -3.22. The summed E-state index contributed by atoms with van der Waals surface area (Å²) < 4.78 is 5.53. The molecule has 1 amide bonds. The first-order valence-electron chi connectivity index (χ1n) is 12.0. The highest BCUT2D eigenvalue weighted by Crippen LogP contribution is 2.42. The van der Waals surface area contributed by atoms with Crippen LogP contribution in [0.4, 0.5) is 0 Å². The zero-order valence-electron chi connectivity index (χ0n) is 19.5. The monoisotopic (exact) mass is 457 g/mol. The van der Waals surface area contributed by atoms with E-state index in [4.69, 9.17) is 4.74 Å². The number of hydrogen-bond donors (Lipinski definition) is 1. The summed E-state index contributed by atoms with van der Waals surface area (Å²) in [6.07, 6.45) is 5.32. The third-order valence-electron chi connectivity index (χ3n) is 7.30. The summed E-state index contributed by atoms with van der Waals surface area (Å²) in [4.78, 5) is 21.6. The molecule has 0 unspecified atom stereocenters. The van der Waals surface area contributed by atoms with E-state index in [0.29, 0.717) is 12.1 Å². The minimum Gasteiger partial charge on any atom is -0.496 e. The van der Waals surface area contributed by atoms with Crippen molar-refractivity contribution >= 4 is 5.91 Å². The third-order valence-corrected chi connectivity index (χ3v) is 7.30. The lowest BCUT2D eigenvalue weighted by atomic mass is 9.74. The minimum absolute atomic E-state index is 0.0574. The second-order valence-electron chi connectivity index (χ2n) is 9.10. The van der Waals surface area contributed by atoms with Gasteiger partial charge in [-0.25, -0.2) is 0 Å². The van der Waals surface area contributed by atoms with E-state index in [9.17, 15) is 9.90 Å². The molecular formula is C28H31N3O3. The van der Waals surface area contributed by atoms with Crippen molar-refractivity contribution < 1.29 is 14.6 Å². The molecule has 6 heteroatoms. The van der Waals surface area contributed by atoms with Gasteiger partial charge >= 0.3 is 0 Å². The first kappa shape index (κ1) is 22.6. The highest BCUT2D eigenvalue weighted by molar-refractivity contribution is 5.94. The number of aliphatic hydroxyl groups excluding tert-OH is 1. The molecule has 2 fully saturated rings. The van der Waals surface area contributed by atoms with Crippen molar-refractivity contribution in [2.24, 2.45) is 0 Å². The zero-order valence-corrected chi connectivity index (χ0v) is 19.5. The van der Waals surface area contributed by atoms with E-state index < -0.39 is 0 Å². The van der Waals surface area contributed by atoms with Gasteiger partial charge < -0.3 is 14.7 Å². The molecule has 2 saturated heterocycles. The molecule has 176 valence electrons. The van der Waals surface area contributed by atoms with Crippen molar-refractivity contribution in [1.29, 1.82) is 0 Å². The van der Waals surface area contributed by atoms with Gasteiger partial charge in [0, 0.05) is 54.6 Å². The maximum Gasteiger partial charge on any atom is 0.254 e. The Labute approximate surface area is 200 Å². The molecule has 2 aliphatic rings. The molecule has 3 heterocycles. The maximum atomic E-state index is 13.2. The number of para-hydroxylation sites is 1. The Bertz CT molecular complexity index is 1120. The van der Waals surface area contributed by atoms with Crippen molar-refractivity contribution in [1.82, 2.24) is 14.8 Å². The van der Waals surface area contributed by atoms with Crippen LogP contribution in [0.5, 0.6) is 5.75 Å². The van der Waals surface area contributed by atoms with E-state index in [1.54, 1.807) is 31.6 Å². The number of carbonyl (C=O) groups is 1. The third kappa shape index (κ3) is 4.19. The van der Waals surface area contributed by atoms with E-state index in [1.807, 2.05) is 23.1 Å². The SMILES string of the molecule is COc1ccccc1-c1ccc([C@@H]2[C@H](CO)N3CCCCN(C(=O)c4ccncc4)C[C@@H]23)cc1. The summed E-state index contributed by atoms with van der Waals surface area (Å²) in [5, 5.41) is 10.2. The highest BCUT2D eigenvalue weighted by Gasteiger charge is 2.49. The highest BCUT2D eigenvalue weighted by atomic mass is 16.5. The fraction of sp³-hybridized carbons (Fsp3) is 0.357. The van der Waals surface area contributed by atoms with E-state index in [1.165, 1.54) is 5.56 Å². The molecule has 0 spiro atoms. The number of amides is 1. The molecule has 0 radical (unpaired) electrons. The first-order chi connectivity index (χ1) is 16.7. The second-order valence-corrected chi connectivity index (χ2v) is 9.10. The molecular weight excluding hydrogens is 426 g/mol. The average Bonchev–Trinajstić information content (AvgIpc) is 2.88. The van der Waals surface area contributed by atoms with Crippen LogP contribution < -0.4 is 4.74 Å². The Morgan fingerprint density at radius 2 is 1.76 bits per heavy atom. The van der Waals surface area contributed by atoms with Crippen molar-refractivity contribution in [3.05, 3.63) is 84.2 Å². The van der Waals surface area contributed by atoms with Crippen LogP contribution in [0, 0.1) is 0 Å². The quantitative estimate of drug-likeness (QED) is 0.631. The molecule has 2 aliphatic heterocycles. The van der Waals surface area contributed by atoms with Crippen LogP contribution in [0.1, 0.15) is 34.7 Å².